The third kappa shape index (κ3) is 3.27. The summed E-state index contributed by atoms with van der Waals surface area (Å²) in [7, 11) is 2.35. The van der Waals surface area contributed by atoms with E-state index < -0.39 is 0 Å². The highest BCUT2D eigenvalue weighted by atomic mass is 15.2. The Morgan fingerprint density at radius 2 is 1.78 bits per heavy atom. The van der Waals surface area contributed by atoms with Crippen LogP contribution in [0.15, 0.2) is 0 Å². The van der Waals surface area contributed by atoms with E-state index in [0.717, 1.165) is 24.0 Å². The van der Waals surface area contributed by atoms with E-state index in [2.05, 4.69) is 31.1 Å². The van der Waals surface area contributed by atoms with Crippen molar-refractivity contribution in [3.8, 4) is 0 Å². The Kier molecular flexibility index (Phi) is 5.50. The predicted octanol–water partition coefficient (Wildman–Crippen LogP) is 3.42. The number of piperidine rings is 1. The van der Waals surface area contributed by atoms with Crippen molar-refractivity contribution in [2.24, 2.45) is 5.92 Å². The summed E-state index contributed by atoms with van der Waals surface area (Å²) in [6, 6.07) is 2.57. The molecule has 0 aromatic rings. The van der Waals surface area contributed by atoms with Crippen LogP contribution in [0, 0.1) is 5.92 Å². The highest BCUT2D eigenvalue weighted by Gasteiger charge is 2.40. The number of hydrogen-bond acceptors (Lipinski definition) is 2. The highest BCUT2D eigenvalue weighted by molar-refractivity contribution is 4.96. The molecule has 0 amide bonds. The molecular formula is C16H32N2. The number of fused-ring (bicyclic) bond motifs is 2. The molecule has 1 N–H and O–H groups in total. The Balaban J connectivity index is 1.89. The van der Waals surface area contributed by atoms with Gasteiger partial charge in [-0.15, -0.1) is 0 Å². The average Bonchev–Trinajstić information content (AvgIpc) is 2.62. The van der Waals surface area contributed by atoms with Crippen molar-refractivity contribution in [2.45, 2.75) is 83.3 Å². The smallest absolute Gasteiger partial charge is 0.00989 e. The van der Waals surface area contributed by atoms with Crippen LogP contribution in [-0.4, -0.2) is 36.6 Å². The number of hydrogen-bond donors (Lipinski definition) is 1. The summed E-state index contributed by atoms with van der Waals surface area (Å²) in [4.78, 5) is 2.66. The van der Waals surface area contributed by atoms with Crippen LogP contribution in [0.3, 0.4) is 0 Å². The maximum atomic E-state index is 3.84. The molecule has 3 unspecified atom stereocenters. The molecule has 0 aromatic carbocycles. The predicted molar refractivity (Wildman–Crippen MR) is 78.9 cm³/mol. The van der Waals surface area contributed by atoms with Gasteiger partial charge in [0, 0.05) is 18.1 Å². The minimum atomic E-state index is 0.793. The van der Waals surface area contributed by atoms with E-state index in [0.29, 0.717) is 0 Å². The summed E-state index contributed by atoms with van der Waals surface area (Å²) in [5.41, 5.74) is 0. The van der Waals surface area contributed by atoms with Crippen LogP contribution in [0.25, 0.3) is 0 Å². The van der Waals surface area contributed by atoms with Crippen LogP contribution in [0.4, 0.5) is 0 Å². The average molecular weight is 252 g/mol. The molecule has 106 valence electrons. The van der Waals surface area contributed by atoms with Gasteiger partial charge in [0.15, 0.2) is 0 Å². The largest absolute Gasteiger partial charge is 0.314 e. The van der Waals surface area contributed by atoms with Crippen molar-refractivity contribution >= 4 is 0 Å². The zero-order chi connectivity index (χ0) is 13.0. The fourth-order valence-electron chi connectivity index (χ4n) is 4.04. The Morgan fingerprint density at radius 1 is 1.11 bits per heavy atom. The SMILES string of the molecule is CCCCC(NCCC)C1CC2CCC(C1)N2C. The van der Waals surface area contributed by atoms with Crippen molar-refractivity contribution in [1.29, 1.82) is 0 Å². The van der Waals surface area contributed by atoms with E-state index in [1.165, 1.54) is 57.9 Å². The Bertz CT molecular complexity index is 219. The van der Waals surface area contributed by atoms with Crippen molar-refractivity contribution in [1.82, 2.24) is 10.2 Å². The van der Waals surface area contributed by atoms with Crippen LogP contribution in [-0.2, 0) is 0 Å². The van der Waals surface area contributed by atoms with Crippen LogP contribution in [0.1, 0.15) is 65.2 Å². The first kappa shape index (κ1) is 14.3. The Morgan fingerprint density at radius 3 is 2.33 bits per heavy atom. The second kappa shape index (κ2) is 6.91. The molecule has 2 heterocycles. The summed E-state index contributed by atoms with van der Waals surface area (Å²) >= 11 is 0. The summed E-state index contributed by atoms with van der Waals surface area (Å²) in [5.74, 6) is 0.941. The standard InChI is InChI=1S/C16H32N2/c1-4-6-7-16(17-10-5-2)13-11-14-8-9-15(12-13)18(14)3/h13-17H,4-12H2,1-3H3. The fraction of sp³-hybridized carbons (Fsp3) is 1.00. The molecule has 2 rings (SSSR count). The molecule has 0 radical (unpaired) electrons. The third-order valence-electron chi connectivity index (χ3n) is 5.23. The molecule has 2 saturated heterocycles. The summed E-state index contributed by atoms with van der Waals surface area (Å²) < 4.78 is 0. The lowest BCUT2D eigenvalue weighted by Gasteiger charge is -2.40. The van der Waals surface area contributed by atoms with Gasteiger partial charge in [0.25, 0.3) is 0 Å². The van der Waals surface area contributed by atoms with E-state index in [9.17, 15) is 0 Å². The molecule has 2 aliphatic heterocycles. The molecule has 2 aliphatic rings. The minimum absolute atomic E-state index is 0.793. The first-order valence-electron chi connectivity index (χ1n) is 8.21. The summed E-state index contributed by atoms with van der Waals surface area (Å²) in [6.07, 6.45) is 11.2. The lowest BCUT2D eigenvalue weighted by Crippen LogP contribution is -2.47. The fourth-order valence-corrected chi connectivity index (χ4v) is 4.04. The quantitative estimate of drug-likeness (QED) is 0.747. The van der Waals surface area contributed by atoms with Gasteiger partial charge in [0.05, 0.1) is 0 Å². The van der Waals surface area contributed by atoms with Crippen molar-refractivity contribution in [3.05, 3.63) is 0 Å². The maximum Gasteiger partial charge on any atom is 0.00989 e. The topological polar surface area (TPSA) is 15.3 Å². The monoisotopic (exact) mass is 252 g/mol. The van der Waals surface area contributed by atoms with Crippen molar-refractivity contribution in [3.63, 3.8) is 0 Å². The molecular weight excluding hydrogens is 220 g/mol. The highest BCUT2D eigenvalue weighted by Crippen LogP contribution is 2.39. The molecule has 2 bridgehead atoms. The van der Waals surface area contributed by atoms with E-state index in [-0.39, 0.29) is 0 Å². The van der Waals surface area contributed by atoms with Gasteiger partial charge in [-0.3, -0.25) is 0 Å². The summed E-state index contributed by atoms with van der Waals surface area (Å²) in [5, 5.41) is 3.84. The molecule has 0 spiro atoms. The molecule has 2 heteroatoms. The Hall–Kier alpha value is -0.0800. The lowest BCUT2D eigenvalue weighted by atomic mass is 9.83. The summed E-state index contributed by atoms with van der Waals surface area (Å²) in [6.45, 7) is 5.80. The molecule has 2 nitrogen and oxygen atoms in total. The zero-order valence-corrected chi connectivity index (χ0v) is 12.6. The number of nitrogens with one attached hydrogen (secondary N) is 1. The number of unbranched alkanes of at least 4 members (excludes halogenated alkanes) is 1. The number of rotatable bonds is 7. The van der Waals surface area contributed by atoms with Gasteiger partial charge >= 0.3 is 0 Å². The van der Waals surface area contributed by atoms with Gasteiger partial charge in [-0.1, -0.05) is 26.7 Å². The third-order valence-corrected chi connectivity index (χ3v) is 5.23. The second-order valence-electron chi connectivity index (χ2n) is 6.48. The van der Waals surface area contributed by atoms with Gasteiger partial charge in [-0.25, -0.2) is 0 Å². The molecule has 2 fully saturated rings. The van der Waals surface area contributed by atoms with Crippen LogP contribution < -0.4 is 5.32 Å². The Labute approximate surface area is 114 Å². The first-order chi connectivity index (χ1) is 8.76. The van der Waals surface area contributed by atoms with Gasteiger partial charge < -0.3 is 10.2 Å². The molecule has 18 heavy (non-hydrogen) atoms. The lowest BCUT2D eigenvalue weighted by molar-refractivity contribution is 0.109. The van der Waals surface area contributed by atoms with Crippen molar-refractivity contribution in [2.75, 3.05) is 13.6 Å². The number of nitrogens with zero attached hydrogens (tertiary/aromatic N) is 1. The van der Waals surface area contributed by atoms with Crippen molar-refractivity contribution < 1.29 is 0 Å². The van der Waals surface area contributed by atoms with Gasteiger partial charge in [0.2, 0.25) is 0 Å². The minimum Gasteiger partial charge on any atom is -0.314 e. The van der Waals surface area contributed by atoms with E-state index in [1.54, 1.807) is 0 Å². The van der Waals surface area contributed by atoms with E-state index >= 15 is 0 Å². The molecule has 0 saturated carbocycles. The molecule has 0 aliphatic carbocycles. The van der Waals surface area contributed by atoms with Crippen LogP contribution in [0.5, 0.6) is 0 Å². The van der Waals surface area contributed by atoms with Crippen LogP contribution in [0.2, 0.25) is 0 Å². The van der Waals surface area contributed by atoms with Crippen LogP contribution >= 0.6 is 0 Å². The van der Waals surface area contributed by atoms with Gasteiger partial charge in [-0.05, 0) is 58.0 Å². The van der Waals surface area contributed by atoms with Gasteiger partial charge in [0.1, 0.15) is 0 Å². The molecule has 0 aromatic heterocycles. The van der Waals surface area contributed by atoms with Gasteiger partial charge in [-0.2, -0.15) is 0 Å². The maximum absolute atomic E-state index is 3.84. The normalized spacial score (nSPS) is 33.8. The molecule has 3 atom stereocenters. The van der Waals surface area contributed by atoms with E-state index in [1.807, 2.05) is 0 Å². The first-order valence-corrected chi connectivity index (χ1v) is 8.21. The second-order valence-corrected chi connectivity index (χ2v) is 6.48. The zero-order valence-electron chi connectivity index (χ0n) is 12.6. The van der Waals surface area contributed by atoms with E-state index in [4.69, 9.17) is 0 Å².